The molecule has 0 saturated carbocycles. The van der Waals surface area contributed by atoms with Crippen LogP contribution in [0, 0.1) is 10.1 Å². The highest BCUT2D eigenvalue weighted by Gasteiger charge is 2.26. The molecule has 1 aliphatic heterocycles. The second-order valence-corrected chi connectivity index (χ2v) is 10.1. The van der Waals surface area contributed by atoms with E-state index in [-0.39, 0.29) is 30.3 Å². The van der Waals surface area contributed by atoms with E-state index in [0.29, 0.717) is 24.6 Å². The van der Waals surface area contributed by atoms with Crippen LogP contribution in [0.4, 0.5) is 5.69 Å². The molecule has 1 aliphatic rings. The van der Waals surface area contributed by atoms with Crippen molar-refractivity contribution in [1.29, 1.82) is 0 Å². The first-order valence-electron chi connectivity index (χ1n) is 11.7. The zero-order valence-corrected chi connectivity index (χ0v) is 21.1. The van der Waals surface area contributed by atoms with Crippen molar-refractivity contribution in [3.05, 3.63) is 82.7 Å². The summed E-state index contributed by atoms with van der Waals surface area (Å²) in [6.45, 7) is 1.08. The van der Waals surface area contributed by atoms with Gasteiger partial charge < -0.3 is 23.9 Å². The van der Waals surface area contributed by atoms with Gasteiger partial charge in [0.1, 0.15) is 29.9 Å². The Kier molecular flexibility index (Phi) is 7.40. The quantitative estimate of drug-likeness (QED) is 0.231. The van der Waals surface area contributed by atoms with E-state index < -0.39 is 37.5 Å². The molecule has 0 bridgehead atoms. The number of H-pyrrole nitrogens is 1. The minimum absolute atomic E-state index is 0.0208. The fourth-order valence-electron chi connectivity index (χ4n) is 3.83. The molecule has 3 heterocycles. The summed E-state index contributed by atoms with van der Waals surface area (Å²) in [6, 6.07) is 12.6. The molecule has 2 N–H and O–H groups in total. The number of hydrogen-bond acceptors (Lipinski definition) is 10. The molecule has 4 aromatic rings. The number of nitro benzene ring substituents is 1. The van der Waals surface area contributed by atoms with Gasteiger partial charge in [-0.15, -0.1) is 0 Å². The Morgan fingerprint density at radius 3 is 2.79 bits per heavy atom. The smallest absolute Gasteiger partial charge is 0.312 e. The summed E-state index contributed by atoms with van der Waals surface area (Å²) in [5.41, 5.74) is -0.000788. The third-order valence-electron chi connectivity index (χ3n) is 5.71. The van der Waals surface area contributed by atoms with Crippen LogP contribution in [0.1, 0.15) is 10.4 Å². The molecule has 202 valence electrons. The average Bonchev–Trinajstić information content (AvgIpc) is 3.40. The lowest BCUT2D eigenvalue weighted by molar-refractivity contribution is -0.386. The van der Waals surface area contributed by atoms with E-state index in [0.717, 1.165) is 23.6 Å². The van der Waals surface area contributed by atoms with Gasteiger partial charge in [0.25, 0.3) is 15.9 Å². The molecule has 13 nitrogen and oxygen atoms in total. The summed E-state index contributed by atoms with van der Waals surface area (Å²) in [5.74, 6) is -0.711. The zero-order chi connectivity index (χ0) is 27.4. The van der Waals surface area contributed by atoms with Gasteiger partial charge >= 0.3 is 5.69 Å². The Morgan fingerprint density at radius 2 is 2.00 bits per heavy atom. The number of nitro groups is 1. The predicted molar refractivity (Wildman–Crippen MR) is 136 cm³/mol. The van der Waals surface area contributed by atoms with Crippen molar-refractivity contribution in [2.24, 2.45) is 0 Å². The minimum atomic E-state index is -4.50. The Labute approximate surface area is 221 Å². The molecular formula is C25H22N4O9S. The highest BCUT2D eigenvalue weighted by Crippen LogP contribution is 2.31. The first-order chi connectivity index (χ1) is 18.8. The molecule has 0 radical (unpaired) electrons. The topological polar surface area (TPSA) is 172 Å². The molecule has 2 aromatic carbocycles. The summed E-state index contributed by atoms with van der Waals surface area (Å²) in [5, 5.41) is 12.4. The second kappa shape index (κ2) is 11.1. The second-order valence-electron chi connectivity index (χ2n) is 8.38. The van der Waals surface area contributed by atoms with Crippen molar-refractivity contribution in [2.75, 3.05) is 26.4 Å². The molecule has 1 saturated heterocycles. The number of carbonyl (C=O) groups is 1. The molecule has 2 aromatic heterocycles. The molecule has 5 rings (SSSR count). The molecule has 0 spiro atoms. The number of nitrogens with zero attached hydrogens (tertiary/aromatic N) is 2. The fraction of sp³-hybridized carbons (Fsp3) is 0.200. The number of aromatic nitrogens is 2. The Bertz CT molecular complexity index is 1630. The molecule has 14 heteroatoms. The van der Waals surface area contributed by atoms with E-state index in [1.54, 1.807) is 30.5 Å². The zero-order valence-electron chi connectivity index (χ0n) is 20.2. The number of benzene rings is 2. The maximum atomic E-state index is 13.0. The van der Waals surface area contributed by atoms with Gasteiger partial charge in [-0.3, -0.25) is 14.9 Å². The number of ether oxygens (including phenoxy) is 4. The van der Waals surface area contributed by atoms with Crippen LogP contribution in [0.25, 0.3) is 11.0 Å². The first kappa shape index (κ1) is 26.1. The molecule has 1 atom stereocenters. The number of pyridine rings is 1. The van der Waals surface area contributed by atoms with Crippen molar-refractivity contribution in [3.8, 4) is 17.2 Å². The van der Waals surface area contributed by atoms with Gasteiger partial charge in [-0.1, -0.05) is 12.1 Å². The third-order valence-corrected chi connectivity index (χ3v) is 7.04. The molecule has 1 amide bonds. The Morgan fingerprint density at radius 1 is 1.15 bits per heavy atom. The van der Waals surface area contributed by atoms with E-state index in [4.69, 9.17) is 18.9 Å². The van der Waals surface area contributed by atoms with Crippen LogP contribution in [-0.2, 0) is 19.5 Å². The largest absolute Gasteiger partial charge is 0.484 e. The fourth-order valence-corrected chi connectivity index (χ4v) is 4.81. The van der Waals surface area contributed by atoms with Gasteiger partial charge in [0, 0.05) is 17.6 Å². The van der Waals surface area contributed by atoms with Crippen molar-refractivity contribution in [3.63, 3.8) is 0 Å². The third kappa shape index (κ3) is 5.98. The van der Waals surface area contributed by atoms with Gasteiger partial charge in [-0.05, 0) is 36.4 Å². The molecule has 0 unspecified atom stereocenters. The summed E-state index contributed by atoms with van der Waals surface area (Å²) in [6.07, 6.45) is 2.76. The summed E-state index contributed by atoms with van der Waals surface area (Å²) in [4.78, 5) is 30.6. The summed E-state index contributed by atoms with van der Waals surface area (Å²) in [7, 11) is -4.50. The van der Waals surface area contributed by atoms with Gasteiger partial charge in [0.15, 0.2) is 5.75 Å². The van der Waals surface area contributed by atoms with Crippen LogP contribution in [0.3, 0.4) is 0 Å². The number of carbonyl (C=O) groups excluding carboxylic acids is 1. The van der Waals surface area contributed by atoms with Crippen LogP contribution in [0.5, 0.6) is 17.2 Å². The van der Waals surface area contributed by atoms with Crippen LogP contribution >= 0.6 is 0 Å². The number of sulfonamides is 1. The average molecular weight is 555 g/mol. The Hall–Kier alpha value is -4.53. The lowest BCUT2D eigenvalue weighted by Crippen LogP contribution is -2.33. The normalized spacial score (nSPS) is 15.5. The van der Waals surface area contributed by atoms with Crippen LogP contribution in [0.2, 0.25) is 0 Å². The monoisotopic (exact) mass is 554 g/mol. The standard InChI is InChI=1S/C25H22N4O9S/c30-25(20-3-1-2-4-22(20)38-17-11-16-7-8-26-24(16)27-13-17)28-39(33,34)19-5-6-23(21(12-19)29(31)32)37-15-18-14-35-9-10-36-18/h1-8,11-13,18H,9-10,14-15H2,(H,26,27)(H,28,30)/t18-/m1/s1. The highest BCUT2D eigenvalue weighted by atomic mass is 32.2. The van der Waals surface area contributed by atoms with Gasteiger partial charge in [0.2, 0.25) is 0 Å². The predicted octanol–water partition coefficient (Wildman–Crippen LogP) is 3.18. The lowest BCUT2D eigenvalue weighted by Gasteiger charge is -2.22. The molecule has 0 aliphatic carbocycles. The van der Waals surface area contributed by atoms with Crippen molar-refractivity contribution >= 4 is 32.7 Å². The summed E-state index contributed by atoms with van der Waals surface area (Å²) < 4.78 is 50.0. The Balaban J connectivity index is 1.33. The van der Waals surface area contributed by atoms with E-state index in [1.165, 1.54) is 18.3 Å². The highest BCUT2D eigenvalue weighted by molar-refractivity contribution is 7.90. The number of hydrogen-bond donors (Lipinski definition) is 2. The van der Waals surface area contributed by atoms with Crippen LogP contribution in [0.15, 0.2) is 71.9 Å². The van der Waals surface area contributed by atoms with Crippen molar-refractivity contribution in [2.45, 2.75) is 11.0 Å². The van der Waals surface area contributed by atoms with Gasteiger partial charge in [0.05, 0.1) is 41.4 Å². The SMILES string of the molecule is O=C(NS(=O)(=O)c1ccc(OC[C@H]2COCCO2)c([N+](=O)[O-])c1)c1ccccc1Oc1cnc2[nH]ccc2c1. The number of amides is 1. The molecule has 1 fully saturated rings. The van der Waals surface area contributed by atoms with Crippen LogP contribution in [-0.4, -0.2) is 61.7 Å². The maximum Gasteiger partial charge on any atom is 0.312 e. The summed E-state index contributed by atoms with van der Waals surface area (Å²) >= 11 is 0. The number of rotatable bonds is 9. The number of fused-ring (bicyclic) bond motifs is 1. The van der Waals surface area contributed by atoms with E-state index in [1.807, 2.05) is 4.72 Å². The molecular weight excluding hydrogens is 532 g/mol. The number of para-hydroxylation sites is 1. The van der Waals surface area contributed by atoms with Gasteiger partial charge in [-0.25, -0.2) is 18.1 Å². The number of nitrogens with one attached hydrogen (secondary N) is 2. The lowest BCUT2D eigenvalue weighted by atomic mass is 10.2. The van der Waals surface area contributed by atoms with E-state index in [9.17, 15) is 23.3 Å². The van der Waals surface area contributed by atoms with Crippen molar-refractivity contribution in [1.82, 2.24) is 14.7 Å². The van der Waals surface area contributed by atoms with E-state index >= 15 is 0 Å². The molecule has 39 heavy (non-hydrogen) atoms. The van der Waals surface area contributed by atoms with Gasteiger partial charge in [-0.2, -0.15) is 0 Å². The van der Waals surface area contributed by atoms with E-state index in [2.05, 4.69) is 9.97 Å². The number of aromatic amines is 1. The minimum Gasteiger partial charge on any atom is -0.484 e. The maximum absolute atomic E-state index is 13.0. The van der Waals surface area contributed by atoms with Crippen LogP contribution < -0.4 is 14.2 Å². The first-order valence-corrected chi connectivity index (χ1v) is 13.2. The van der Waals surface area contributed by atoms with Crippen molar-refractivity contribution < 1.29 is 37.1 Å².